The normalized spacial score (nSPS) is 12.1. The summed E-state index contributed by atoms with van der Waals surface area (Å²) >= 11 is 0. The number of carboxylic acid groups (broad SMARTS) is 1. The molecule has 3 aromatic rings. The molecule has 3 aromatic heterocycles. The van der Waals surface area contributed by atoms with Gasteiger partial charge in [0, 0.05) is 24.4 Å². The van der Waals surface area contributed by atoms with Crippen molar-refractivity contribution in [2.45, 2.75) is 59.2 Å². The Labute approximate surface area is 233 Å². The molecule has 0 radical (unpaired) electrons. The highest BCUT2D eigenvalue weighted by atomic mass is 16.4. The highest BCUT2D eigenvalue weighted by Crippen LogP contribution is 2.24. The molecule has 12 heteroatoms. The zero-order valence-electron chi connectivity index (χ0n) is 23.5. The second kappa shape index (κ2) is 13.5. The Morgan fingerprint density at radius 2 is 1.82 bits per heavy atom. The van der Waals surface area contributed by atoms with Crippen LogP contribution in [0.15, 0.2) is 53.4 Å². The van der Waals surface area contributed by atoms with Crippen molar-refractivity contribution in [3.05, 3.63) is 71.8 Å². The number of hydrogen-bond donors (Lipinski definition) is 4. The number of rotatable bonds is 12. The van der Waals surface area contributed by atoms with E-state index in [0.717, 1.165) is 0 Å². The summed E-state index contributed by atoms with van der Waals surface area (Å²) in [7, 11) is 0. The summed E-state index contributed by atoms with van der Waals surface area (Å²) in [6.07, 6.45) is 3.30. The fraction of sp³-hybridized carbons (Fsp3) is 0.429. The molecule has 0 aliphatic carbocycles. The molecule has 3 rings (SSSR count). The van der Waals surface area contributed by atoms with E-state index in [9.17, 15) is 19.5 Å². The number of carbonyl (C=O) groups is 3. The molecule has 3 heterocycles. The van der Waals surface area contributed by atoms with Crippen molar-refractivity contribution in [1.82, 2.24) is 30.5 Å². The molecule has 0 unspecified atom stereocenters. The Hall–Kier alpha value is -4.48. The van der Waals surface area contributed by atoms with E-state index in [1.54, 1.807) is 42.8 Å². The number of carbonyl (C=O) groups excluding carboxylic acids is 2. The van der Waals surface area contributed by atoms with E-state index in [0.29, 0.717) is 17.3 Å². The zero-order chi connectivity index (χ0) is 29.3. The van der Waals surface area contributed by atoms with Gasteiger partial charge in [0.1, 0.15) is 29.0 Å². The highest BCUT2D eigenvalue weighted by Gasteiger charge is 2.33. The van der Waals surface area contributed by atoms with Crippen molar-refractivity contribution in [3.63, 3.8) is 0 Å². The Morgan fingerprint density at radius 3 is 2.42 bits per heavy atom. The third kappa shape index (κ3) is 8.52. The molecule has 0 fully saturated rings. The quantitative estimate of drug-likeness (QED) is 0.264. The molecule has 40 heavy (non-hydrogen) atoms. The van der Waals surface area contributed by atoms with Crippen LogP contribution in [-0.2, 0) is 23.3 Å². The number of anilines is 1. The first-order valence-corrected chi connectivity index (χ1v) is 13.0. The molecular weight excluding hydrogens is 514 g/mol. The molecule has 0 aliphatic heterocycles. The highest BCUT2D eigenvalue weighted by molar-refractivity contribution is 6.01. The SMILES string of the molecule is CC(C)CN(C(=O)c1cnc(C(C)(C)C)nc1NCc1ccco1)[C@@H](CNC(=O)O)C(=O)NCc1ccccn1. The van der Waals surface area contributed by atoms with Gasteiger partial charge in [0.05, 0.1) is 31.6 Å². The number of furan rings is 1. The van der Waals surface area contributed by atoms with Crippen molar-refractivity contribution in [2.75, 3.05) is 18.4 Å². The number of hydrogen-bond acceptors (Lipinski definition) is 8. The minimum absolute atomic E-state index is 0.0332. The molecule has 3 amide bonds. The van der Waals surface area contributed by atoms with Crippen molar-refractivity contribution in [2.24, 2.45) is 5.92 Å². The minimum atomic E-state index is -1.31. The summed E-state index contributed by atoms with van der Waals surface area (Å²) in [4.78, 5) is 53.6. The van der Waals surface area contributed by atoms with Crippen LogP contribution >= 0.6 is 0 Å². The van der Waals surface area contributed by atoms with E-state index in [1.165, 1.54) is 11.1 Å². The standard InChI is InChI=1S/C28H37N7O5/c1-18(2)17-35(22(16-33-27(38)39)24(36)31-13-19-9-6-7-11-29-19)25(37)21-15-32-26(28(3,4)5)34-23(21)30-14-20-10-8-12-40-20/h6-12,15,18,22,33H,13-14,16-17H2,1-5H3,(H,31,36)(H,38,39)(H,30,32,34)/t22-/m0/s1. The lowest BCUT2D eigenvalue weighted by Crippen LogP contribution is -2.55. The van der Waals surface area contributed by atoms with Crippen molar-refractivity contribution in [3.8, 4) is 0 Å². The van der Waals surface area contributed by atoms with Gasteiger partial charge in [-0.2, -0.15) is 0 Å². The first-order chi connectivity index (χ1) is 19.0. The second-order valence-corrected chi connectivity index (χ2v) is 10.7. The van der Waals surface area contributed by atoms with Crippen LogP contribution in [0.4, 0.5) is 10.6 Å². The zero-order valence-corrected chi connectivity index (χ0v) is 23.5. The summed E-state index contributed by atoms with van der Waals surface area (Å²) in [6, 6.07) is 7.73. The van der Waals surface area contributed by atoms with E-state index in [-0.39, 0.29) is 48.9 Å². The summed E-state index contributed by atoms with van der Waals surface area (Å²) in [5, 5.41) is 17.5. The molecular formula is C28H37N7O5. The molecule has 1 atom stereocenters. The second-order valence-electron chi connectivity index (χ2n) is 10.7. The van der Waals surface area contributed by atoms with Crippen molar-refractivity contribution in [1.29, 1.82) is 0 Å². The first kappa shape index (κ1) is 30.1. The van der Waals surface area contributed by atoms with E-state index in [1.807, 2.05) is 34.6 Å². The lowest BCUT2D eigenvalue weighted by Gasteiger charge is -2.32. The van der Waals surface area contributed by atoms with Gasteiger partial charge in [-0.15, -0.1) is 0 Å². The fourth-order valence-electron chi connectivity index (χ4n) is 3.84. The molecule has 0 saturated carbocycles. The molecule has 0 bridgehead atoms. The third-order valence-electron chi connectivity index (χ3n) is 5.82. The van der Waals surface area contributed by atoms with Gasteiger partial charge < -0.3 is 30.4 Å². The molecule has 12 nitrogen and oxygen atoms in total. The molecule has 214 valence electrons. The number of nitrogens with zero attached hydrogens (tertiary/aromatic N) is 4. The van der Waals surface area contributed by atoms with E-state index in [4.69, 9.17) is 4.42 Å². The van der Waals surface area contributed by atoms with Gasteiger partial charge in [-0.1, -0.05) is 40.7 Å². The predicted molar refractivity (Wildman–Crippen MR) is 149 cm³/mol. The summed E-state index contributed by atoms with van der Waals surface area (Å²) < 4.78 is 5.42. The lowest BCUT2D eigenvalue weighted by atomic mass is 9.95. The number of aromatic nitrogens is 3. The van der Waals surface area contributed by atoms with Gasteiger partial charge in [-0.3, -0.25) is 14.6 Å². The van der Waals surface area contributed by atoms with Crippen molar-refractivity contribution < 1.29 is 23.9 Å². The van der Waals surface area contributed by atoms with Crippen LogP contribution in [0, 0.1) is 5.92 Å². The van der Waals surface area contributed by atoms with Gasteiger partial charge in [0.25, 0.3) is 5.91 Å². The van der Waals surface area contributed by atoms with Crippen LogP contribution in [-0.4, -0.2) is 62.0 Å². The van der Waals surface area contributed by atoms with Crippen LogP contribution in [0.2, 0.25) is 0 Å². The first-order valence-electron chi connectivity index (χ1n) is 13.0. The average Bonchev–Trinajstić information content (AvgIpc) is 3.43. The lowest BCUT2D eigenvalue weighted by molar-refractivity contribution is -0.125. The summed E-state index contributed by atoms with van der Waals surface area (Å²) in [5.41, 5.74) is 0.385. The van der Waals surface area contributed by atoms with Gasteiger partial charge in [-0.25, -0.2) is 14.8 Å². The van der Waals surface area contributed by atoms with E-state index in [2.05, 4.69) is 30.9 Å². The Kier molecular flexibility index (Phi) is 10.2. The average molecular weight is 552 g/mol. The molecule has 0 spiro atoms. The number of pyridine rings is 1. The van der Waals surface area contributed by atoms with E-state index >= 15 is 0 Å². The summed E-state index contributed by atoms with van der Waals surface area (Å²) in [5.74, 6) is 0.388. The maximum absolute atomic E-state index is 14.1. The largest absolute Gasteiger partial charge is 0.467 e. The molecule has 0 saturated heterocycles. The van der Waals surface area contributed by atoms with Crippen molar-refractivity contribution >= 4 is 23.7 Å². The van der Waals surface area contributed by atoms with Gasteiger partial charge in [-0.05, 0) is 30.2 Å². The maximum Gasteiger partial charge on any atom is 0.404 e. The van der Waals surface area contributed by atoms with Gasteiger partial charge in [0.15, 0.2) is 0 Å². The molecule has 0 aromatic carbocycles. The Bertz CT molecular complexity index is 1270. The van der Waals surface area contributed by atoms with Gasteiger partial charge >= 0.3 is 6.09 Å². The van der Waals surface area contributed by atoms with Crippen LogP contribution in [0.25, 0.3) is 0 Å². The fourth-order valence-corrected chi connectivity index (χ4v) is 3.84. The van der Waals surface area contributed by atoms with Crippen LogP contribution in [0.5, 0.6) is 0 Å². The molecule has 4 N–H and O–H groups in total. The Morgan fingerprint density at radius 1 is 1.05 bits per heavy atom. The van der Waals surface area contributed by atoms with E-state index < -0.39 is 23.9 Å². The van der Waals surface area contributed by atoms with Gasteiger partial charge in [0.2, 0.25) is 5.91 Å². The topological polar surface area (TPSA) is 163 Å². The van der Waals surface area contributed by atoms with Crippen LogP contribution in [0.3, 0.4) is 0 Å². The number of nitrogens with one attached hydrogen (secondary N) is 3. The monoisotopic (exact) mass is 551 g/mol. The third-order valence-corrected chi connectivity index (χ3v) is 5.82. The predicted octanol–water partition coefficient (Wildman–Crippen LogP) is 3.43. The number of amides is 3. The summed E-state index contributed by atoms with van der Waals surface area (Å²) in [6.45, 7) is 9.96. The van der Waals surface area contributed by atoms with Crippen LogP contribution < -0.4 is 16.0 Å². The smallest absolute Gasteiger partial charge is 0.404 e. The Balaban J connectivity index is 1.97. The minimum Gasteiger partial charge on any atom is -0.467 e. The van der Waals surface area contributed by atoms with Crippen LogP contribution in [0.1, 0.15) is 62.3 Å². The molecule has 0 aliphatic rings. The maximum atomic E-state index is 14.1.